The summed E-state index contributed by atoms with van der Waals surface area (Å²) in [5.41, 5.74) is 1.41. The van der Waals surface area contributed by atoms with E-state index < -0.39 is 5.97 Å². The quantitative estimate of drug-likeness (QED) is 0.411. The zero-order valence-electron chi connectivity index (χ0n) is 11.6. The maximum Gasteiger partial charge on any atom is 0.303 e. The summed E-state index contributed by atoms with van der Waals surface area (Å²) >= 11 is 0. The van der Waals surface area contributed by atoms with E-state index in [2.05, 4.69) is 5.32 Å². The molecule has 0 aliphatic carbocycles. The molecule has 2 N–H and O–H groups in total. The summed E-state index contributed by atoms with van der Waals surface area (Å²) in [5.74, 6) is 1.09. The lowest BCUT2D eigenvalue weighted by atomic mass is 10.2. The van der Waals surface area contributed by atoms with Crippen LogP contribution in [-0.4, -0.2) is 28.1 Å². The fourth-order valence-electron chi connectivity index (χ4n) is 1.75. The predicted octanol–water partition coefficient (Wildman–Crippen LogP) is 1.99. The molecule has 0 saturated heterocycles. The summed E-state index contributed by atoms with van der Waals surface area (Å²) in [7, 11) is 1.93. The highest BCUT2D eigenvalue weighted by molar-refractivity contribution is 5.66. The zero-order valence-corrected chi connectivity index (χ0v) is 11.6. The van der Waals surface area contributed by atoms with E-state index in [0.29, 0.717) is 18.7 Å². The van der Waals surface area contributed by atoms with Crippen LogP contribution >= 0.6 is 0 Å². The highest BCUT2D eigenvalue weighted by atomic mass is 16.4. The summed E-state index contributed by atoms with van der Waals surface area (Å²) < 4.78 is 1.95. The van der Waals surface area contributed by atoms with E-state index in [0.717, 1.165) is 18.5 Å². The van der Waals surface area contributed by atoms with Crippen molar-refractivity contribution in [2.45, 2.75) is 25.7 Å². The third-order valence-electron chi connectivity index (χ3n) is 2.90. The first-order valence-corrected chi connectivity index (χ1v) is 6.63. The zero-order chi connectivity index (χ0) is 14.8. The Bertz CT molecular complexity index is 511. The molecule has 108 valence electrons. The number of nitrogens with zero attached hydrogens (tertiary/aromatic N) is 1. The minimum atomic E-state index is -0.767. The summed E-state index contributed by atoms with van der Waals surface area (Å²) in [6.07, 6.45) is 7.99. The number of allylic oxidation sites excluding steroid dienone is 1. The first-order valence-electron chi connectivity index (χ1n) is 6.63. The molecule has 0 bridgehead atoms. The van der Waals surface area contributed by atoms with Gasteiger partial charge in [0.2, 0.25) is 0 Å². The van der Waals surface area contributed by atoms with Crippen molar-refractivity contribution >= 4 is 18.0 Å². The predicted molar refractivity (Wildman–Crippen MR) is 77.8 cm³/mol. The average molecular weight is 276 g/mol. The van der Waals surface area contributed by atoms with Crippen molar-refractivity contribution in [3.05, 3.63) is 35.8 Å². The summed E-state index contributed by atoms with van der Waals surface area (Å²) in [6, 6.07) is 3.88. The standard InChI is InChI=1S/C15H20N2O3/c1-17-11-5-6-14(17)9-8-13(12-18)16-10-4-2-3-7-15(19)20/h5-6,8-9,11,16H,2-4,7,10H2,1H3,(H,19,20)/b9-8+. The molecule has 0 spiro atoms. The summed E-state index contributed by atoms with van der Waals surface area (Å²) in [5, 5.41) is 11.5. The van der Waals surface area contributed by atoms with Crippen LogP contribution in [0.2, 0.25) is 0 Å². The molecule has 0 unspecified atom stereocenters. The molecule has 0 amide bonds. The van der Waals surface area contributed by atoms with Crippen molar-refractivity contribution in [2.75, 3.05) is 6.54 Å². The Kier molecular flexibility index (Phi) is 6.93. The van der Waals surface area contributed by atoms with E-state index in [1.807, 2.05) is 42.0 Å². The fraction of sp³-hybridized carbons (Fsp3) is 0.400. The number of nitrogens with one attached hydrogen (secondary N) is 1. The molecule has 0 aliphatic rings. The molecule has 0 radical (unpaired) electrons. The van der Waals surface area contributed by atoms with Crippen LogP contribution in [-0.2, 0) is 16.6 Å². The Balaban J connectivity index is 2.27. The van der Waals surface area contributed by atoms with Gasteiger partial charge in [0.05, 0.1) is 0 Å². The molecule has 0 aromatic carbocycles. The number of carboxylic acid groups (broad SMARTS) is 1. The lowest BCUT2D eigenvalue weighted by molar-refractivity contribution is -0.137. The number of aryl methyl sites for hydroxylation is 1. The van der Waals surface area contributed by atoms with E-state index in [9.17, 15) is 9.59 Å². The van der Waals surface area contributed by atoms with Gasteiger partial charge < -0.3 is 15.0 Å². The van der Waals surface area contributed by atoms with E-state index in [1.54, 1.807) is 6.08 Å². The fourth-order valence-corrected chi connectivity index (χ4v) is 1.75. The third-order valence-corrected chi connectivity index (χ3v) is 2.90. The molecular formula is C15H20N2O3. The second kappa shape index (κ2) is 8.77. The molecule has 0 saturated carbocycles. The Morgan fingerprint density at radius 1 is 1.45 bits per heavy atom. The molecule has 0 aliphatic heterocycles. The summed E-state index contributed by atoms with van der Waals surface area (Å²) in [4.78, 5) is 21.1. The molecule has 1 heterocycles. The largest absolute Gasteiger partial charge is 0.481 e. The van der Waals surface area contributed by atoms with Crippen LogP contribution in [0.1, 0.15) is 31.4 Å². The SMILES string of the molecule is Cn1cccc1/C=C/C(=C=O)NCCCCCC(=O)O. The van der Waals surface area contributed by atoms with Crippen LogP contribution < -0.4 is 5.32 Å². The van der Waals surface area contributed by atoms with Crippen LogP contribution in [0, 0.1) is 0 Å². The van der Waals surface area contributed by atoms with Crippen molar-refractivity contribution in [2.24, 2.45) is 7.05 Å². The monoisotopic (exact) mass is 276 g/mol. The van der Waals surface area contributed by atoms with Crippen LogP contribution in [0.5, 0.6) is 0 Å². The van der Waals surface area contributed by atoms with E-state index in [4.69, 9.17) is 5.11 Å². The Morgan fingerprint density at radius 2 is 2.25 bits per heavy atom. The maximum absolute atomic E-state index is 10.8. The topological polar surface area (TPSA) is 71.3 Å². The van der Waals surface area contributed by atoms with E-state index >= 15 is 0 Å². The van der Waals surface area contributed by atoms with Gasteiger partial charge in [-0.05, 0) is 37.1 Å². The molecule has 1 aromatic rings. The molecule has 0 fully saturated rings. The number of carboxylic acids is 1. The normalized spacial score (nSPS) is 10.4. The summed E-state index contributed by atoms with van der Waals surface area (Å²) in [6.45, 7) is 0.641. The van der Waals surface area contributed by atoms with Gasteiger partial charge in [-0.1, -0.05) is 6.42 Å². The highest BCUT2D eigenvalue weighted by Gasteiger charge is 1.97. The van der Waals surface area contributed by atoms with Gasteiger partial charge in [0.15, 0.2) is 0 Å². The molecule has 1 aromatic heterocycles. The lowest BCUT2D eigenvalue weighted by Crippen LogP contribution is -2.14. The van der Waals surface area contributed by atoms with Gasteiger partial charge in [-0.25, -0.2) is 4.79 Å². The number of unbranched alkanes of at least 4 members (excludes halogenated alkanes) is 2. The number of aliphatic carboxylic acids is 1. The van der Waals surface area contributed by atoms with Crippen molar-refractivity contribution in [1.82, 2.24) is 9.88 Å². The molecule has 0 atom stereocenters. The number of aromatic nitrogens is 1. The van der Waals surface area contributed by atoms with Gasteiger partial charge in [-0.3, -0.25) is 4.79 Å². The van der Waals surface area contributed by atoms with Gasteiger partial charge in [-0.2, -0.15) is 0 Å². The number of rotatable bonds is 9. The Hall–Kier alpha value is -2.26. The molecule has 5 heteroatoms. The number of hydrogen-bond donors (Lipinski definition) is 2. The van der Waals surface area contributed by atoms with Crippen LogP contribution in [0.3, 0.4) is 0 Å². The highest BCUT2D eigenvalue weighted by Crippen LogP contribution is 2.04. The Morgan fingerprint density at radius 3 is 2.85 bits per heavy atom. The van der Waals surface area contributed by atoms with Crippen molar-refractivity contribution in [3.63, 3.8) is 0 Å². The first kappa shape index (κ1) is 15.8. The average Bonchev–Trinajstić information content (AvgIpc) is 2.82. The van der Waals surface area contributed by atoms with Crippen molar-refractivity contribution in [3.8, 4) is 0 Å². The second-order valence-electron chi connectivity index (χ2n) is 4.52. The molecule has 20 heavy (non-hydrogen) atoms. The van der Waals surface area contributed by atoms with Gasteiger partial charge in [0.1, 0.15) is 11.6 Å². The number of hydrogen-bond acceptors (Lipinski definition) is 3. The van der Waals surface area contributed by atoms with Crippen LogP contribution in [0.15, 0.2) is 30.1 Å². The smallest absolute Gasteiger partial charge is 0.303 e. The molecule has 5 nitrogen and oxygen atoms in total. The minimum Gasteiger partial charge on any atom is -0.481 e. The van der Waals surface area contributed by atoms with Crippen molar-refractivity contribution < 1.29 is 14.7 Å². The Labute approximate surface area is 118 Å². The molecule has 1 rings (SSSR count). The van der Waals surface area contributed by atoms with E-state index in [1.165, 1.54) is 0 Å². The van der Waals surface area contributed by atoms with Gasteiger partial charge in [0.25, 0.3) is 0 Å². The van der Waals surface area contributed by atoms with Crippen LogP contribution in [0.25, 0.3) is 6.08 Å². The van der Waals surface area contributed by atoms with Gasteiger partial charge >= 0.3 is 5.97 Å². The van der Waals surface area contributed by atoms with E-state index in [-0.39, 0.29) is 6.42 Å². The first-order chi connectivity index (χ1) is 9.63. The van der Waals surface area contributed by atoms with Gasteiger partial charge in [0, 0.05) is 31.9 Å². The van der Waals surface area contributed by atoms with Crippen molar-refractivity contribution in [1.29, 1.82) is 0 Å². The molecular weight excluding hydrogens is 256 g/mol. The number of carbonyl (C=O) groups excluding carboxylic acids is 1. The lowest BCUT2D eigenvalue weighted by Gasteiger charge is -2.03. The van der Waals surface area contributed by atoms with Gasteiger partial charge in [-0.15, -0.1) is 0 Å². The van der Waals surface area contributed by atoms with Crippen LogP contribution in [0.4, 0.5) is 0 Å². The number of carbonyl (C=O) groups is 1. The minimum absolute atomic E-state index is 0.198. The maximum atomic E-state index is 10.8. The second-order valence-corrected chi connectivity index (χ2v) is 4.52. The third kappa shape index (κ3) is 6.07.